The summed E-state index contributed by atoms with van der Waals surface area (Å²) in [7, 11) is 0. The Morgan fingerprint density at radius 1 is 1.07 bits per heavy atom. The summed E-state index contributed by atoms with van der Waals surface area (Å²) >= 11 is 1.38. The number of alkyl halides is 2. The molecule has 0 atom stereocenters. The monoisotopic (exact) mass is 422 g/mol. The molecule has 0 unspecified atom stereocenters. The molecule has 0 aromatic rings. The minimum absolute atomic E-state index is 0.685. The van der Waals surface area contributed by atoms with Gasteiger partial charge in [-0.1, -0.05) is 40.1 Å². The van der Waals surface area contributed by atoms with Crippen molar-refractivity contribution in [1.29, 1.82) is 0 Å². The zero-order valence-corrected chi connectivity index (χ0v) is 13.5. The van der Waals surface area contributed by atoms with Gasteiger partial charge in [-0.2, -0.15) is 0 Å². The van der Waals surface area contributed by atoms with Crippen LogP contribution in [0.2, 0.25) is 0 Å². The van der Waals surface area contributed by atoms with E-state index in [1.165, 1.54) is 29.9 Å². The first kappa shape index (κ1) is 11.9. The Balaban J connectivity index is 1.63. The van der Waals surface area contributed by atoms with E-state index in [9.17, 15) is 0 Å². The van der Waals surface area contributed by atoms with E-state index in [4.69, 9.17) is 0 Å². The van der Waals surface area contributed by atoms with E-state index in [1.54, 1.807) is 34.8 Å². The van der Waals surface area contributed by atoms with Crippen molar-refractivity contribution in [1.82, 2.24) is 0 Å². The highest BCUT2D eigenvalue weighted by atomic mass is 128. The Kier molecular flexibility index (Phi) is 4.81. The van der Waals surface area contributed by atoms with Crippen LogP contribution in [-0.2, 0) is 0 Å². The lowest BCUT2D eigenvalue weighted by Crippen LogP contribution is -2.36. The summed E-state index contributed by atoms with van der Waals surface area (Å²) < 4.78 is 4.82. The molecule has 1 spiro atoms. The standard InChI is InChI=1S/C11H22I2N/c1-2-5-12-13-10-11-3-6-14(7-4-11)8-9-14/h11H,2-10H2,1H3/q+1. The van der Waals surface area contributed by atoms with Gasteiger partial charge < -0.3 is 4.48 Å². The molecule has 3 heteroatoms. The Bertz CT molecular complexity index is 201. The second-order valence-corrected chi connectivity index (χ2v) is 15.6. The molecule has 0 amide bonds. The quantitative estimate of drug-likeness (QED) is 0.282. The second-order valence-electron chi connectivity index (χ2n) is 4.72. The highest BCUT2D eigenvalue weighted by Gasteiger charge is 2.44. The minimum Gasteiger partial charge on any atom is -0.314 e. The first-order chi connectivity index (χ1) is 6.85. The molecular formula is C11H22I2N+. The molecule has 0 radical (unpaired) electrons. The summed E-state index contributed by atoms with van der Waals surface area (Å²) in [5.74, 6) is 1.17. The molecular weight excluding hydrogens is 400 g/mol. The SMILES string of the molecule is CCCI=ICC1CC[N+]2(CC1)CC2. The summed E-state index contributed by atoms with van der Waals surface area (Å²) in [6, 6.07) is 0. The fraction of sp³-hybridized carbons (Fsp3) is 1.00. The van der Waals surface area contributed by atoms with E-state index in [2.05, 4.69) is 6.92 Å². The van der Waals surface area contributed by atoms with Crippen molar-refractivity contribution in [2.24, 2.45) is 5.92 Å². The van der Waals surface area contributed by atoms with Crippen molar-refractivity contribution in [3.63, 3.8) is 0 Å². The Hall–Kier alpha value is 1.42. The molecule has 2 aliphatic rings. The number of hydrogen-bond donors (Lipinski definition) is 0. The molecule has 14 heavy (non-hydrogen) atoms. The predicted octanol–water partition coefficient (Wildman–Crippen LogP) is 3.49. The first-order valence-electron chi connectivity index (χ1n) is 5.87. The topological polar surface area (TPSA) is 0 Å². The molecule has 0 bridgehead atoms. The van der Waals surface area contributed by atoms with Crippen LogP contribution in [-0.4, -0.2) is 39.5 Å². The van der Waals surface area contributed by atoms with Gasteiger partial charge in [0.1, 0.15) is 13.1 Å². The number of halogens is 2. The zero-order chi connectivity index (χ0) is 9.86. The molecule has 2 saturated heterocycles. The first-order valence-corrected chi connectivity index (χ1v) is 15.2. The second kappa shape index (κ2) is 5.66. The molecule has 84 valence electrons. The van der Waals surface area contributed by atoms with Crippen LogP contribution in [0, 0.1) is 5.92 Å². The Labute approximate surface area is 104 Å². The van der Waals surface area contributed by atoms with Gasteiger partial charge in [-0.15, -0.1) is 0 Å². The molecule has 0 aromatic carbocycles. The summed E-state index contributed by atoms with van der Waals surface area (Å²) in [5.41, 5.74) is 0. The number of quaternary nitrogens is 1. The van der Waals surface area contributed by atoms with Crippen molar-refractivity contribution in [3.8, 4) is 0 Å². The van der Waals surface area contributed by atoms with Crippen LogP contribution in [0.3, 0.4) is 0 Å². The van der Waals surface area contributed by atoms with E-state index in [-0.39, 0.29) is 0 Å². The van der Waals surface area contributed by atoms with Crippen molar-refractivity contribution in [2.75, 3.05) is 35.0 Å². The summed E-state index contributed by atoms with van der Waals surface area (Å²) in [6.45, 7) is 8.47. The average molecular weight is 422 g/mol. The van der Waals surface area contributed by atoms with Crippen LogP contribution in [0.15, 0.2) is 0 Å². The third-order valence-electron chi connectivity index (χ3n) is 3.49. The average Bonchev–Trinajstić information content (AvgIpc) is 2.96. The normalized spacial score (nSPS) is 27.2. The van der Waals surface area contributed by atoms with E-state index in [0.717, 1.165) is 0 Å². The third kappa shape index (κ3) is 3.47. The van der Waals surface area contributed by atoms with Crippen LogP contribution in [0.25, 0.3) is 0 Å². The largest absolute Gasteiger partial charge is 0.314 e. The van der Waals surface area contributed by atoms with Crippen LogP contribution < -0.4 is 0 Å². The lowest BCUT2D eigenvalue weighted by molar-refractivity contribution is -0.806. The van der Waals surface area contributed by atoms with Gasteiger partial charge >= 0.3 is 0 Å². The van der Waals surface area contributed by atoms with Crippen molar-refractivity contribution >= 4 is 33.2 Å². The molecule has 1 nitrogen and oxygen atoms in total. The maximum Gasteiger partial charge on any atom is 0.129 e. The van der Waals surface area contributed by atoms with Crippen molar-refractivity contribution in [2.45, 2.75) is 26.2 Å². The predicted molar refractivity (Wildman–Crippen MR) is 80.5 cm³/mol. The fourth-order valence-corrected chi connectivity index (χ4v) is 13.8. The number of nitrogens with zero attached hydrogens (tertiary/aromatic N) is 1. The number of rotatable bonds is 4. The van der Waals surface area contributed by atoms with E-state index in [1.807, 2.05) is 0 Å². The molecule has 0 aliphatic carbocycles. The highest BCUT2D eigenvalue weighted by molar-refractivity contribution is 14.8. The van der Waals surface area contributed by atoms with Crippen molar-refractivity contribution in [3.05, 3.63) is 0 Å². The van der Waals surface area contributed by atoms with Crippen LogP contribution >= 0.6 is 33.2 Å². The van der Waals surface area contributed by atoms with Crippen LogP contribution in [0.4, 0.5) is 0 Å². The summed E-state index contributed by atoms with van der Waals surface area (Å²) in [4.78, 5) is 0. The smallest absolute Gasteiger partial charge is 0.129 e. The fourth-order valence-electron chi connectivity index (χ4n) is 2.16. The Morgan fingerprint density at radius 2 is 1.79 bits per heavy atom. The molecule has 0 N–H and O–H groups in total. The Morgan fingerprint density at radius 3 is 2.36 bits per heavy atom. The van der Waals surface area contributed by atoms with Crippen LogP contribution in [0.5, 0.6) is 0 Å². The number of hydrogen-bond acceptors (Lipinski definition) is 0. The van der Waals surface area contributed by atoms with Gasteiger partial charge in [0, 0.05) is 17.3 Å². The zero-order valence-electron chi connectivity index (χ0n) is 9.14. The lowest BCUT2D eigenvalue weighted by Gasteiger charge is -2.28. The van der Waals surface area contributed by atoms with Crippen molar-refractivity contribution < 1.29 is 4.48 Å². The van der Waals surface area contributed by atoms with Gasteiger partial charge in [0.2, 0.25) is 0 Å². The van der Waals surface area contributed by atoms with Gasteiger partial charge in [0.25, 0.3) is 0 Å². The molecule has 2 fully saturated rings. The lowest BCUT2D eigenvalue weighted by atomic mass is 9.99. The van der Waals surface area contributed by atoms with Gasteiger partial charge in [-0.25, -0.2) is 0 Å². The van der Waals surface area contributed by atoms with Gasteiger partial charge in [-0.05, 0) is 16.8 Å². The number of piperidine rings is 1. The molecule has 2 heterocycles. The maximum atomic E-state index is 2.35. The molecule has 2 aliphatic heterocycles. The van der Waals surface area contributed by atoms with Gasteiger partial charge in [0.05, 0.1) is 13.1 Å². The van der Waals surface area contributed by atoms with Gasteiger partial charge in [-0.3, -0.25) is 0 Å². The highest BCUT2D eigenvalue weighted by Crippen LogP contribution is 2.33. The van der Waals surface area contributed by atoms with Gasteiger partial charge in [0.15, 0.2) is 0 Å². The molecule has 0 saturated carbocycles. The maximum absolute atomic E-state index is 2.35. The molecule has 0 aromatic heterocycles. The van der Waals surface area contributed by atoms with E-state index < -0.39 is 0 Å². The molecule has 2 rings (SSSR count). The van der Waals surface area contributed by atoms with Crippen LogP contribution in [0.1, 0.15) is 26.2 Å². The minimum atomic E-state index is 0.685. The summed E-state index contributed by atoms with van der Waals surface area (Å²) in [6.07, 6.45) is 4.61. The third-order valence-corrected chi connectivity index (χ3v) is 14.7. The van der Waals surface area contributed by atoms with E-state index >= 15 is 0 Å². The van der Waals surface area contributed by atoms with E-state index in [0.29, 0.717) is 33.2 Å². The summed E-state index contributed by atoms with van der Waals surface area (Å²) in [5, 5.41) is 0.